The predicted octanol–water partition coefficient (Wildman–Crippen LogP) is 5.52. The van der Waals surface area contributed by atoms with Crippen LogP contribution in [0.2, 0.25) is 0 Å². The molecule has 118 valence electrons. The fourth-order valence-corrected chi connectivity index (χ4v) is 1.29. The van der Waals surface area contributed by atoms with E-state index in [0.29, 0.717) is 5.69 Å². The molecule has 0 aliphatic rings. The molecule has 0 amide bonds. The van der Waals surface area contributed by atoms with Crippen molar-refractivity contribution >= 4 is 11.4 Å². The Morgan fingerprint density at radius 2 is 1.52 bits per heavy atom. The zero-order valence-corrected chi connectivity index (χ0v) is 11.0. The number of hydrogen-bond acceptors (Lipinski definition) is 3. The van der Waals surface area contributed by atoms with Gasteiger partial charge >= 0.3 is 0 Å². The van der Waals surface area contributed by atoms with Gasteiger partial charge in [0.15, 0.2) is 23.3 Å². The van der Waals surface area contributed by atoms with Crippen molar-refractivity contribution in [2.24, 2.45) is 10.2 Å². The second-order valence-corrected chi connectivity index (χ2v) is 3.72. The molecule has 2 aromatic rings. The van der Waals surface area contributed by atoms with Crippen molar-refractivity contribution in [3.8, 4) is 5.75 Å². The molecule has 0 aromatic heterocycles. The second kappa shape index (κ2) is 8.13. The highest BCUT2D eigenvalue weighted by molar-refractivity contribution is 5.42. The number of hydrogen-bond donors (Lipinski definition) is 1. The van der Waals surface area contributed by atoms with Crippen molar-refractivity contribution in [3.05, 3.63) is 74.5 Å². The maximum absolute atomic E-state index is 12.6. The van der Waals surface area contributed by atoms with E-state index in [1.54, 1.807) is 12.1 Å². The van der Waals surface area contributed by atoms with Crippen LogP contribution < -0.4 is 0 Å². The van der Waals surface area contributed by atoms with Crippen LogP contribution in [0, 0.1) is 23.3 Å². The van der Waals surface area contributed by atoms with Gasteiger partial charge in [-0.1, -0.05) is 22.4 Å². The third-order valence-corrected chi connectivity index (χ3v) is 2.23. The van der Waals surface area contributed by atoms with Gasteiger partial charge in [-0.25, -0.2) is 17.6 Å². The molecule has 7 nitrogen and oxygen atoms in total. The van der Waals surface area contributed by atoms with Gasteiger partial charge in [-0.2, -0.15) is 0 Å². The van der Waals surface area contributed by atoms with E-state index in [-0.39, 0.29) is 11.8 Å². The van der Waals surface area contributed by atoms with Crippen molar-refractivity contribution < 1.29 is 22.7 Å². The van der Waals surface area contributed by atoms with Crippen molar-refractivity contribution in [1.82, 2.24) is 0 Å². The largest absolute Gasteiger partial charge is 0.508 e. The summed E-state index contributed by atoms with van der Waals surface area (Å²) in [6, 6.07) is 6.39. The number of phenolic OH excluding ortho intramolecular Hbond substituents is 1. The SMILES string of the molecule is [N-]=[N+]=Nc1cc(F)c(F)c(F)c1F.[N-]=[N+]=Nc1cccc(O)c1. The summed E-state index contributed by atoms with van der Waals surface area (Å²) in [7, 11) is 0. The lowest BCUT2D eigenvalue weighted by Crippen LogP contribution is -1.94. The van der Waals surface area contributed by atoms with E-state index in [1.165, 1.54) is 12.1 Å². The molecule has 0 heterocycles. The van der Waals surface area contributed by atoms with E-state index < -0.39 is 29.0 Å². The minimum Gasteiger partial charge on any atom is -0.508 e. The molecule has 2 rings (SSSR count). The lowest BCUT2D eigenvalue weighted by molar-refractivity contribution is 0.410. The first-order valence-corrected chi connectivity index (χ1v) is 5.63. The third kappa shape index (κ3) is 4.81. The van der Waals surface area contributed by atoms with E-state index in [0.717, 1.165) is 0 Å². The molecule has 0 fully saturated rings. The highest BCUT2D eigenvalue weighted by Crippen LogP contribution is 2.24. The van der Waals surface area contributed by atoms with Gasteiger partial charge in [-0.3, -0.25) is 0 Å². The van der Waals surface area contributed by atoms with Crippen LogP contribution in [-0.4, -0.2) is 5.11 Å². The average molecular weight is 326 g/mol. The Morgan fingerprint density at radius 3 is 2.09 bits per heavy atom. The maximum Gasteiger partial charge on any atom is 0.197 e. The molecular weight excluding hydrogens is 320 g/mol. The molecule has 0 aliphatic heterocycles. The molecule has 23 heavy (non-hydrogen) atoms. The first-order valence-electron chi connectivity index (χ1n) is 5.63. The molecule has 0 saturated heterocycles. The number of nitrogens with zero attached hydrogens (tertiary/aromatic N) is 6. The van der Waals surface area contributed by atoms with Crippen molar-refractivity contribution in [2.75, 3.05) is 0 Å². The van der Waals surface area contributed by atoms with E-state index in [1.807, 2.05) is 0 Å². The van der Waals surface area contributed by atoms with E-state index in [2.05, 4.69) is 20.1 Å². The molecular formula is C12H6F4N6O. The first kappa shape index (κ1) is 17.6. The zero-order chi connectivity index (χ0) is 17.4. The topological polar surface area (TPSA) is 118 Å². The zero-order valence-electron chi connectivity index (χ0n) is 11.0. The van der Waals surface area contributed by atoms with Gasteiger partial charge in [0.1, 0.15) is 5.75 Å². The van der Waals surface area contributed by atoms with Crippen LogP contribution in [0.25, 0.3) is 20.9 Å². The van der Waals surface area contributed by atoms with Gasteiger partial charge in [0, 0.05) is 15.5 Å². The van der Waals surface area contributed by atoms with Crippen LogP contribution in [-0.2, 0) is 0 Å². The van der Waals surface area contributed by atoms with Crippen LogP contribution in [0.15, 0.2) is 40.6 Å². The van der Waals surface area contributed by atoms with Gasteiger partial charge in [-0.15, -0.1) is 0 Å². The van der Waals surface area contributed by atoms with Crippen molar-refractivity contribution in [3.63, 3.8) is 0 Å². The van der Waals surface area contributed by atoms with Crippen LogP contribution >= 0.6 is 0 Å². The summed E-state index contributed by atoms with van der Waals surface area (Å²) in [5.41, 5.74) is 15.3. The van der Waals surface area contributed by atoms with Gasteiger partial charge < -0.3 is 5.11 Å². The fourth-order valence-electron chi connectivity index (χ4n) is 1.29. The molecule has 0 unspecified atom stereocenters. The third-order valence-electron chi connectivity index (χ3n) is 2.23. The molecule has 0 radical (unpaired) electrons. The molecule has 2 aromatic carbocycles. The Balaban J connectivity index is 0.000000238. The van der Waals surface area contributed by atoms with Crippen LogP contribution in [0.5, 0.6) is 5.75 Å². The summed E-state index contributed by atoms with van der Waals surface area (Å²) >= 11 is 0. The Bertz CT molecular complexity index is 815. The molecule has 0 atom stereocenters. The maximum atomic E-state index is 12.6. The van der Waals surface area contributed by atoms with E-state index in [4.69, 9.17) is 16.2 Å². The van der Waals surface area contributed by atoms with Gasteiger partial charge in [0.2, 0.25) is 0 Å². The highest BCUT2D eigenvalue weighted by Gasteiger charge is 2.17. The Labute approximate surface area is 125 Å². The predicted molar refractivity (Wildman–Crippen MR) is 72.0 cm³/mol. The normalized spacial score (nSPS) is 9.04. The molecule has 0 spiro atoms. The average Bonchev–Trinajstić information content (AvgIpc) is 2.52. The van der Waals surface area contributed by atoms with Crippen LogP contribution in [0.1, 0.15) is 0 Å². The minimum atomic E-state index is -2.00. The quantitative estimate of drug-likeness (QED) is 0.192. The first-order chi connectivity index (χ1) is 10.9. The van der Waals surface area contributed by atoms with Crippen molar-refractivity contribution in [2.45, 2.75) is 0 Å². The lowest BCUT2D eigenvalue weighted by atomic mass is 10.3. The fraction of sp³-hybridized carbons (Fsp3) is 0. The number of benzene rings is 2. The summed E-state index contributed by atoms with van der Waals surface area (Å²) in [5.74, 6) is -7.15. The van der Waals surface area contributed by atoms with E-state index >= 15 is 0 Å². The summed E-state index contributed by atoms with van der Waals surface area (Å²) in [4.78, 5) is 4.67. The van der Waals surface area contributed by atoms with Gasteiger partial charge in [0.25, 0.3) is 0 Å². The van der Waals surface area contributed by atoms with Crippen LogP contribution in [0.4, 0.5) is 28.9 Å². The molecule has 0 aliphatic carbocycles. The number of aromatic hydroxyl groups is 1. The summed E-state index contributed by atoms with van der Waals surface area (Å²) in [6.45, 7) is 0. The Hall–Kier alpha value is -3.42. The smallest absolute Gasteiger partial charge is 0.197 e. The van der Waals surface area contributed by atoms with E-state index in [9.17, 15) is 17.6 Å². The van der Waals surface area contributed by atoms with Gasteiger partial charge in [0.05, 0.1) is 5.69 Å². The molecule has 0 saturated carbocycles. The van der Waals surface area contributed by atoms with Crippen molar-refractivity contribution in [1.29, 1.82) is 0 Å². The minimum absolute atomic E-state index is 0.102. The monoisotopic (exact) mass is 326 g/mol. The van der Waals surface area contributed by atoms with Gasteiger partial charge in [-0.05, 0) is 29.3 Å². The highest BCUT2D eigenvalue weighted by atomic mass is 19.2. The number of halogens is 4. The number of phenols is 1. The lowest BCUT2D eigenvalue weighted by Gasteiger charge is -1.99. The second-order valence-electron chi connectivity index (χ2n) is 3.72. The Morgan fingerprint density at radius 1 is 0.870 bits per heavy atom. The molecule has 1 N–H and O–H groups in total. The standard InChI is InChI=1S/C6HF4N3.C6H5N3O/c7-2-1-3(12-13-11)5(9)6(10)4(2)8;7-9-8-5-2-1-3-6(10)4-5/h1H;1-4,10H. The van der Waals surface area contributed by atoms with Crippen LogP contribution in [0.3, 0.4) is 0 Å². The number of rotatable bonds is 2. The molecule has 11 heteroatoms. The summed E-state index contributed by atoms with van der Waals surface area (Å²) in [6.07, 6.45) is 0. The summed E-state index contributed by atoms with van der Waals surface area (Å²) < 4.78 is 49.7. The Kier molecular flexibility index (Phi) is 6.23. The summed E-state index contributed by atoms with van der Waals surface area (Å²) in [5, 5.41) is 14.8. The number of azide groups is 2. The molecule has 0 bridgehead atoms.